The van der Waals surface area contributed by atoms with Gasteiger partial charge in [0.25, 0.3) is 0 Å². The first-order chi connectivity index (χ1) is 14.5. The van der Waals surface area contributed by atoms with Crippen LogP contribution in [0, 0.1) is 0 Å². The first kappa shape index (κ1) is 22.8. The number of benzene rings is 1. The summed E-state index contributed by atoms with van der Waals surface area (Å²) in [6.45, 7) is 11.3. The van der Waals surface area contributed by atoms with Crippen LogP contribution in [0.15, 0.2) is 60.4 Å². The van der Waals surface area contributed by atoms with Crippen LogP contribution < -0.4 is 5.32 Å². The molecule has 1 aliphatic heterocycles. The quantitative estimate of drug-likeness (QED) is 0.444. The Balaban J connectivity index is 1.47. The molecule has 4 heteroatoms. The summed E-state index contributed by atoms with van der Waals surface area (Å²) in [6, 6.07) is 9.20. The molecule has 1 saturated carbocycles. The Morgan fingerprint density at radius 1 is 1.30 bits per heavy atom. The van der Waals surface area contributed by atoms with Gasteiger partial charge in [-0.25, -0.2) is 0 Å². The number of nitrogens with one attached hydrogen (secondary N) is 1. The molecule has 2 aliphatic rings. The fraction of sp³-hybridized carbons (Fsp3) is 0.538. The van der Waals surface area contributed by atoms with Crippen molar-refractivity contribution >= 4 is 0 Å². The van der Waals surface area contributed by atoms with Crippen LogP contribution in [0.4, 0.5) is 0 Å². The molecule has 1 aromatic carbocycles. The highest BCUT2D eigenvalue weighted by molar-refractivity contribution is 5.29. The Morgan fingerprint density at radius 2 is 2.03 bits per heavy atom. The van der Waals surface area contributed by atoms with Gasteiger partial charge in [-0.1, -0.05) is 55.8 Å². The molecule has 0 radical (unpaired) electrons. The Bertz CT molecular complexity index is 749. The lowest BCUT2D eigenvalue weighted by Crippen LogP contribution is -2.41. The minimum atomic E-state index is -0.554. The van der Waals surface area contributed by atoms with E-state index in [1.807, 2.05) is 26.0 Å². The second-order valence-electron chi connectivity index (χ2n) is 8.69. The van der Waals surface area contributed by atoms with Gasteiger partial charge in [0.2, 0.25) is 0 Å². The monoisotopic (exact) mass is 410 g/mol. The Morgan fingerprint density at radius 3 is 2.77 bits per heavy atom. The van der Waals surface area contributed by atoms with Crippen LogP contribution in [0.3, 0.4) is 0 Å². The third-order valence-corrected chi connectivity index (χ3v) is 6.21. The molecule has 3 rings (SSSR count). The maximum atomic E-state index is 10.7. The average molecular weight is 411 g/mol. The zero-order valence-corrected chi connectivity index (χ0v) is 18.6. The first-order valence-corrected chi connectivity index (χ1v) is 11.4. The van der Waals surface area contributed by atoms with Crippen LogP contribution in [0.2, 0.25) is 0 Å². The van der Waals surface area contributed by atoms with Crippen molar-refractivity contribution in [1.82, 2.24) is 10.2 Å². The number of fused-ring (bicyclic) bond motifs is 1. The van der Waals surface area contributed by atoms with Crippen molar-refractivity contribution in [3.8, 4) is 0 Å². The van der Waals surface area contributed by atoms with Gasteiger partial charge in [-0.15, -0.1) is 0 Å². The molecular weight excluding hydrogens is 372 g/mol. The molecule has 2 N–H and O–H groups in total. The number of ether oxygens (including phenoxy) is 1. The fourth-order valence-corrected chi connectivity index (χ4v) is 4.45. The SMILES string of the molecule is C=C(/C=C(\C=C/C)CNC1CCCC1)OC(C)C(O)CN1CCc2ccccc2C1. The number of β-amino-alcohol motifs (C(OH)–C–C–N with tert-alkyl or cyclic N) is 1. The van der Waals surface area contributed by atoms with Crippen LogP contribution in [0.5, 0.6) is 0 Å². The van der Waals surface area contributed by atoms with E-state index in [0.29, 0.717) is 18.3 Å². The molecule has 164 valence electrons. The summed E-state index contributed by atoms with van der Waals surface area (Å²) in [5.74, 6) is 0.604. The second kappa shape index (κ2) is 11.5. The summed E-state index contributed by atoms with van der Waals surface area (Å²) >= 11 is 0. The number of rotatable bonds is 10. The number of aliphatic hydroxyl groups is 1. The maximum absolute atomic E-state index is 10.7. The van der Waals surface area contributed by atoms with Gasteiger partial charge in [0, 0.05) is 32.2 Å². The number of aliphatic hydroxyl groups excluding tert-OH is 1. The number of hydrogen-bond acceptors (Lipinski definition) is 4. The van der Waals surface area contributed by atoms with E-state index in [2.05, 4.69) is 47.1 Å². The molecule has 0 spiro atoms. The van der Waals surface area contributed by atoms with Crippen LogP contribution >= 0.6 is 0 Å². The van der Waals surface area contributed by atoms with Crippen molar-refractivity contribution in [2.45, 2.75) is 70.7 Å². The topological polar surface area (TPSA) is 44.7 Å². The highest BCUT2D eigenvalue weighted by Gasteiger charge is 2.23. The van der Waals surface area contributed by atoms with E-state index >= 15 is 0 Å². The van der Waals surface area contributed by atoms with Crippen LogP contribution in [-0.2, 0) is 17.7 Å². The van der Waals surface area contributed by atoms with E-state index < -0.39 is 6.10 Å². The van der Waals surface area contributed by atoms with Crippen molar-refractivity contribution in [2.75, 3.05) is 19.6 Å². The van der Waals surface area contributed by atoms with Gasteiger partial charge < -0.3 is 15.2 Å². The Labute approximate surface area is 182 Å². The molecule has 1 aromatic rings. The lowest BCUT2D eigenvalue weighted by molar-refractivity contribution is -0.00975. The zero-order valence-electron chi connectivity index (χ0n) is 18.6. The standard InChI is InChI=1S/C26H38N2O2/c1-4-9-22(17-27-25-12-7-8-13-25)16-20(2)30-21(3)26(29)19-28-15-14-23-10-5-6-11-24(23)18-28/h4-6,9-11,16,21,25-27,29H,2,7-8,12-15,17-19H2,1,3H3/b9-4-,22-16+. The fourth-order valence-electron chi connectivity index (χ4n) is 4.45. The average Bonchev–Trinajstić information content (AvgIpc) is 3.25. The van der Waals surface area contributed by atoms with Crippen LogP contribution in [0.25, 0.3) is 0 Å². The normalized spacial score (nSPS) is 20.3. The van der Waals surface area contributed by atoms with Crippen molar-refractivity contribution < 1.29 is 9.84 Å². The van der Waals surface area contributed by atoms with Gasteiger partial charge in [-0.3, -0.25) is 4.90 Å². The minimum Gasteiger partial charge on any atom is -0.489 e. The van der Waals surface area contributed by atoms with E-state index in [4.69, 9.17) is 4.74 Å². The zero-order chi connectivity index (χ0) is 21.3. The molecule has 0 amide bonds. The molecule has 0 bridgehead atoms. The van der Waals surface area contributed by atoms with Crippen molar-refractivity contribution in [1.29, 1.82) is 0 Å². The summed E-state index contributed by atoms with van der Waals surface area (Å²) in [7, 11) is 0. The molecule has 4 nitrogen and oxygen atoms in total. The molecule has 2 unspecified atom stereocenters. The Kier molecular flexibility index (Phi) is 8.74. The smallest absolute Gasteiger partial charge is 0.123 e. The summed E-state index contributed by atoms with van der Waals surface area (Å²) in [5.41, 5.74) is 3.94. The van der Waals surface area contributed by atoms with Gasteiger partial charge in [0.05, 0.1) is 0 Å². The van der Waals surface area contributed by atoms with Crippen molar-refractivity contribution in [2.24, 2.45) is 0 Å². The summed E-state index contributed by atoms with van der Waals surface area (Å²) in [6.07, 6.45) is 11.5. The molecule has 30 heavy (non-hydrogen) atoms. The number of hydrogen-bond donors (Lipinski definition) is 2. The van der Waals surface area contributed by atoms with Crippen LogP contribution in [0.1, 0.15) is 50.7 Å². The van der Waals surface area contributed by atoms with Crippen molar-refractivity contribution in [3.05, 3.63) is 71.5 Å². The second-order valence-corrected chi connectivity index (χ2v) is 8.69. The largest absolute Gasteiger partial charge is 0.489 e. The molecule has 0 aromatic heterocycles. The highest BCUT2D eigenvalue weighted by atomic mass is 16.5. The third-order valence-electron chi connectivity index (χ3n) is 6.21. The van der Waals surface area contributed by atoms with E-state index in [9.17, 15) is 5.11 Å². The molecule has 1 fully saturated rings. The maximum Gasteiger partial charge on any atom is 0.123 e. The predicted molar refractivity (Wildman–Crippen MR) is 124 cm³/mol. The number of allylic oxidation sites excluding steroid dienone is 2. The van der Waals surface area contributed by atoms with Gasteiger partial charge in [-0.05, 0) is 55.9 Å². The van der Waals surface area contributed by atoms with Crippen molar-refractivity contribution in [3.63, 3.8) is 0 Å². The number of nitrogens with zero attached hydrogens (tertiary/aromatic N) is 1. The van der Waals surface area contributed by atoms with Gasteiger partial charge in [0.1, 0.15) is 18.0 Å². The lowest BCUT2D eigenvalue weighted by Gasteiger charge is -2.32. The van der Waals surface area contributed by atoms with E-state index in [1.165, 1.54) is 36.8 Å². The van der Waals surface area contributed by atoms with Gasteiger partial charge >= 0.3 is 0 Å². The Hall–Kier alpha value is -1.88. The summed E-state index contributed by atoms with van der Waals surface area (Å²) < 4.78 is 5.96. The molecular formula is C26H38N2O2. The summed E-state index contributed by atoms with van der Waals surface area (Å²) in [5, 5.41) is 14.3. The van der Waals surface area contributed by atoms with Crippen LogP contribution in [-0.4, -0.2) is 47.9 Å². The highest BCUT2D eigenvalue weighted by Crippen LogP contribution is 2.20. The molecule has 0 saturated heterocycles. The summed E-state index contributed by atoms with van der Waals surface area (Å²) in [4.78, 5) is 2.31. The van der Waals surface area contributed by atoms with E-state index in [0.717, 1.165) is 31.6 Å². The minimum absolute atomic E-state index is 0.305. The predicted octanol–water partition coefficient (Wildman–Crippen LogP) is 4.36. The molecule has 1 aliphatic carbocycles. The van der Waals surface area contributed by atoms with Gasteiger partial charge in [-0.2, -0.15) is 0 Å². The first-order valence-electron chi connectivity index (χ1n) is 11.4. The van der Waals surface area contributed by atoms with Gasteiger partial charge in [0.15, 0.2) is 0 Å². The van der Waals surface area contributed by atoms with E-state index in [-0.39, 0.29) is 6.10 Å². The third kappa shape index (κ3) is 6.83. The van der Waals surface area contributed by atoms with E-state index in [1.54, 1.807) is 0 Å². The molecule has 1 heterocycles. The lowest BCUT2D eigenvalue weighted by atomic mass is 9.99. The molecule has 2 atom stereocenters.